The molecule has 4 heteroatoms. The van der Waals surface area contributed by atoms with Crippen molar-refractivity contribution >= 4 is 5.82 Å². The van der Waals surface area contributed by atoms with Crippen LogP contribution in [-0.2, 0) is 5.41 Å². The van der Waals surface area contributed by atoms with Gasteiger partial charge in [0.2, 0.25) is 0 Å². The van der Waals surface area contributed by atoms with Crippen molar-refractivity contribution in [3.63, 3.8) is 0 Å². The highest BCUT2D eigenvalue weighted by Gasteiger charge is 2.20. The lowest BCUT2D eigenvalue weighted by atomic mass is 9.97. The van der Waals surface area contributed by atoms with Crippen molar-refractivity contribution in [2.75, 3.05) is 5.73 Å². The highest BCUT2D eigenvalue weighted by molar-refractivity contribution is 5.60. The third kappa shape index (κ3) is 2.05. The van der Waals surface area contributed by atoms with Crippen LogP contribution in [-0.4, -0.2) is 9.97 Å². The minimum atomic E-state index is -0.0865. The van der Waals surface area contributed by atoms with Gasteiger partial charge < -0.3 is 10.2 Å². The second kappa shape index (κ2) is 3.63. The van der Waals surface area contributed by atoms with E-state index in [1.54, 1.807) is 18.5 Å². The molecule has 16 heavy (non-hydrogen) atoms. The number of nitrogens with zero attached hydrogens (tertiary/aromatic N) is 2. The second-order valence-corrected chi connectivity index (χ2v) is 4.76. The van der Waals surface area contributed by atoms with Crippen molar-refractivity contribution in [2.24, 2.45) is 0 Å². The number of anilines is 1. The van der Waals surface area contributed by atoms with Crippen LogP contribution in [0.5, 0.6) is 0 Å². The minimum absolute atomic E-state index is 0.0865. The molecule has 2 rings (SSSR count). The Morgan fingerprint density at radius 2 is 2.06 bits per heavy atom. The first-order valence-electron chi connectivity index (χ1n) is 5.15. The van der Waals surface area contributed by atoms with Gasteiger partial charge in [-0.3, -0.25) is 0 Å². The molecule has 0 aliphatic rings. The van der Waals surface area contributed by atoms with Gasteiger partial charge in [0.05, 0.1) is 0 Å². The van der Waals surface area contributed by atoms with Gasteiger partial charge in [0.25, 0.3) is 0 Å². The Morgan fingerprint density at radius 3 is 2.62 bits per heavy atom. The summed E-state index contributed by atoms with van der Waals surface area (Å²) < 4.78 is 5.45. The van der Waals surface area contributed by atoms with E-state index in [9.17, 15) is 0 Å². The van der Waals surface area contributed by atoms with E-state index in [0.29, 0.717) is 5.82 Å². The lowest BCUT2D eigenvalue weighted by Gasteiger charge is -2.11. The quantitative estimate of drug-likeness (QED) is 0.797. The molecule has 2 N–H and O–H groups in total. The molecule has 2 heterocycles. The van der Waals surface area contributed by atoms with Gasteiger partial charge in [0, 0.05) is 17.2 Å². The molecule has 0 saturated carbocycles. The van der Waals surface area contributed by atoms with Crippen molar-refractivity contribution < 1.29 is 4.42 Å². The van der Waals surface area contributed by atoms with Crippen LogP contribution in [0.1, 0.15) is 26.7 Å². The summed E-state index contributed by atoms with van der Waals surface area (Å²) in [4.78, 5) is 8.38. The molecule has 0 saturated heterocycles. The molecule has 0 spiro atoms. The normalized spacial score (nSPS) is 11.7. The van der Waals surface area contributed by atoms with Crippen molar-refractivity contribution in [2.45, 2.75) is 26.2 Å². The molecule has 0 fully saturated rings. The number of nitrogen functional groups attached to an aromatic ring is 1. The monoisotopic (exact) mass is 217 g/mol. The number of nitrogens with two attached hydrogens (primary N) is 1. The molecule has 84 valence electrons. The molecule has 0 unspecified atom stereocenters. The molecule has 0 bridgehead atoms. The largest absolute Gasteiger partial charge is 0.448 e. The summed E-state index contributed by atoms with van der Waals surface area (Å²) in [6.45, 7) is 6.18. The summed E-state index contributed by atoms with van der Waals surface area (Å²) in [5, 5.41) is 0. The van der Waals surface area contributed by atoms with E-state index in [1.165, 1.54) is 0 Å². The Balaban J connectivity index is 2.39. The minimum Gasteiger partial charge on any atom is -0.448 e. The molecule has 0 radical (unpaired) electrons. The van der Waals surface area contributed by atoms with Gasteiger partial charge in [-0.1, -0.05) is 20.8 Å². The highest BCUT2D eigenvalue weighted by Crippen LogP contribution is 2.26. The predicted octanol–water partition coefficient (Wildman–Crippen LogP) is 2.62. The average molecular weight is 217 g/mol. The van der Waals surface area contributed by atoms with Gasteiger partial charge in [0.1, 0.15) is 17.8 Å². The predicted molar refractivity (Wildman–Crippen MR) is 62.8 cm³/mol. The molecule has 0 aromatic carbocycles. The van der Waals surface area contributed by atoms with Crippen LogP contribution in [0.4, 0.5) is 5.82 Å². The first kappa shape index (κ1) is 10.7. The zero-order chi connectivity index (χ0) is 11.8. The van der Waals surface area contributed by atoms with Gasteiger partial charge in [0.15, 0.2) is 5.89 Å². The summed E-state index contributed by atoms with van der Waals surface area (Å²) in [7, 11) is 0. The molecule has 0 aliphatic carbocycles. The van der Waals surface area contributed by atoms with E-state index in [-0.39, 0.29) is 5.41 Å². The lowest BCUT2D eigenvalue weighted by molar-refractivity contribution is 0.392. The topological polar surface area (TPSA) is 64.9 Å². The van der Waals surface area contributed by atoms with Crippen molar-refractivity contribution in [1.82, 2.24) is 9.97 Å². The molecule has 4 nitrogen and oxygen atoms in total. The fourth-order valence-electron chi connectivity index (χ4n) is 1.36. The van der Waals surface area contributed by atoms with E-state index in [1.807, 2.05) is 6.07 Å². The van der Waals surface area contributed by atoms with Crippen molar-refractivity contribution in [3.8, 4) is 11.3 Å². The van der Waals surface area contributed by atoms with Crippen molar-refractivity contribution in [1.29, 1.82) is 0 Å². The number of oxazole rings is 1. The third-order valence-electron chi connectivity index (χ3n) is 2.22. The molecule has 2 aromatic rings. The van der Waals surface area contributed by atoms with E-state index >= 15 is 0 Å². The number of pyridine rings is 1. The number of aromatic nitrogens is 2. The SMILES string of the molecule is CC(C)(C)c1nc(-c2ccnc(N)c2)co1. The van der Waals surface area contributed by atoms with Crippen molar-refractivity contribution in [3.05, 3.63) is 30.5 Å². The Labute approximate surface area is 94.5 Å². The average Bonchev–Trinajstić information content (AvgIpc) is 2.65. The maximum absolute atomic E-state index is 5.62. The lowest BCUT2D eigenvalue weighted by Crippen LogP contribution is -2.11. The number of rotatable bonds is 1. The van der Waals surface area contributed by atoms with E-state index < -0.39 is 0 Å². The Hall–Kier alpha value is -1.84. The Morgan fingerprint density at radius 1 is 1.31 bits per heavy atom. The first-order valence-corrected chi connectivity index (χ1v) is 5.15. The maximum atomic E-state index is 5.62. The van der Waals surface area contributed by atoms with Crippen LogP contribution in [0.3, 0.4) is 0 Å². The highest BCUT2D eigenvalue weighted by atomic mass is 16.3. The number of hydrogen-bond donors (Lipinski definition) is 1. The zero-order valence-electron chi connectivity index (χ0n) is 9.69. The fraction of sp³-hybridized carbons (Fsp3) is 0.333. The molecule has 0 aliphatic heterocycles. The fourth-order valence-corrected chi connectivity index (χ4v) is 1.36. The van der Waals surface area contributed by atoms with Gasteiger partial charge in [-0.25, -0.2) is 9.97 Å². The summed E-state index contributed by atoms with van der Waals surface area (Å²) >= 11 is 0. The van der Waals surface area contributed by atoms with Gasteiger partial charge in [-0.2, -0.15) is 0 Å². The first-order chi connectivity index (χ1) is 7.47. The molecule has 2 aromatic heterocycles. The molecule has 0 amide bonds. The molecular weight excluding hydrogens is 202 g/mol. The standard InChI is InChI=1S/C12H15N3O/c1-12(2,3)11-15-9(7-16-11)8-4-5-14-10(13)6-8/h4-7H,1-3H3,(H2,13,14). The van der Waals surface area contributed by atoms with Crippen LogP contribution in [0.15, 0.2) is 29.0 Å². The van der Waals surface area contributed by atoms with E-state index in [2.05, 4.69) is 30.7 Å². The Kier molecular flexibility index (Phi) is 2.42. The third-order valence-corrected chi connectivity index (χ3v) is 2.22. The number of hydrogen-bond acceptors (Lipinski definition) is 4. The zero-order valence-corrected chi connectivity index (χ0v) is 9.69. The van der Waals surface area contributed by atoms with Crippen LogP contribution in [0, 0.1) is 0 Å². The second-order valence-electron chi connectivity index (χ2n) is 4.76. The van der Waals surface area contributed by atoms with E-state index in [0.717, 1.165) is 17.1 Å². The summed E-state index contributed by atoms with van der Waals surface area (Å²) in [6, 6.07) is 3.64. The summed E-state index contributed by atoms with van der Waals surface area (Å²) in [6.07, 6.45) is 3.31. The summed E-state index contributed by atoms with van der Waals surface area (Å²) in [5.41, 5.74) is 7.25. The van der Waals surface area contributed by atoms with Gasteiger partial charge >= 0.3 is 0 Å². The van der Waals surface area contributed by atoms with Crippen LogP contribution >= 0.6 is 0 Å². The molecular formula is C12H15N3O. The van der Waals surface area contributed by atoms with E-state index in [4.69, 9.17) is 10.2 Å². The van der Waals surface area contributed by atoms with Gasteiger partial charge in [-0.15, -0.1) is 0 Å². The summed E-state index contributed by atoms with van der Waals surface area (Å²) in [5.74, 6) is 1.20. The van der Waals surface area contributed by atoms with Crippen LogP contribution < -0.4 is 5.73 Å². The van der Waals surface area contributed by atoms with Crippen LogP contribution in [0.2, 0.25) is 0 Å². The molecule has 0 atom stereocenters. The smallest absolute Gasteiger partial charge is 0.199 e. The maximum Gasteiger partial charge on any atom is 0.199 e. The Bertz CT molecular complexity index is 497. The van der Waals surface area contributed by atoms with Crippen LogP contribution in [0.25, 0.3) is 11.3 Å². The van der Waals surface area contributed by atoms with Gasteiger partial charge in [-0.05, 0) is 12.1 Å².